The maximum Gasteiger partial charge on any atom is 0.295 e. The van der Waals surface area contributed by atoms with Crippen molar-refractivity contribution in [2.75, 3.05) is 23.3 Å². The lowest BCUT2D eigenvalue weighted by Gasteiger charge is -2.32. The number of aryl methyl sites for hydroxylation is 1. The average molecular weight is 454 g/mol. The topological polar surface area (TPSA) is 80.1 Å². The number of anilines is 2. The summed E-state index contributed by atoms with van der Waals surface area (Å²) >= 11 is 0. The molecule has 1 amide bonds. The minimum atomic E-state index is -0.219. The molecule has 4 aromatic rings. The Balaban J connectivity index is 1.44. The highest BCUT2D eigenvalue weighted by Crippen LogP contribution is 2.23. The van der Waals surface area contributed by atoms with Gasteiger partial charge in [0, 0.05) is 25.0 Å². The van der Waals surface area contributed by atoms with E-state index in [9.17, 15) is 9.59 Å². The van der Waals surface area contributed by atoms with Gasteiger partial charge in [-0.05, 0) is 49.6 Å². The summed E-state index contributed by atoms with van der Waals surface area (Å²) < 4.78 is 1.68. The minimum Gasteiger partial charge on any atom is -0.351 e. The molecule has 0 aliphatic carbocycles. The molecule has 0 spiro atoms. The molecule has 1 saturated heterocycles. The predicted octanol–water partition coefficient (Wildman–Crippen LogP) is 4.00. The smallest absolute Gasteiger partial charge is 0.295 e. The molecule has 34 heavy (non-hydrogen) atoms. The van der Waals surface area contributed by atoms with Gasteiger partial charge >= 0.3 is 0 Å². The van der Waals surface area contributed by atoms with Crippen LogP contribution in [-0.4, -0.2) is 33.5 Å². The molecule has 1 aliphatic rings. The Hall–Kier alpha value is -4.00. The Kier molecular flexibility index (Phi) is 6.08. The van der Waals surface area contributed by atoms with Crippen molar-refractivity contribution in [2.24, 2.45) is 5.92 Å². The van der Waals surface area contributed by atoms with Crippen LogP contribution >= 0.6 is 0 Å². The van der Waals surface area contributed by atoms with Crippen molar-refractivity contribution >= 4 is 28.6 Å². The lowest BCUT2D eigenvalue weighted by atomic mass is 9.97. The summed E-state index contributed by atoms with van der Waals surface area (Å²) in [6, 6.07) is 21.3. The van der Waals surface area contributed by atoms with Crippen molar-refractivity contribution in [2.45, 2.75) is 26.3 Å². The number of carbonyl (C=O) groups excluding carboxylic acids is 1. The number of carbonyl (C=O) groups is 1. The summed E-state index contributed by atoms with van der Waals surface area (Å²) in [6.07, 6.45) is 3.27. The van der Waals surface area contributed by atoms with E-state index in [1.165, 1.54) is 0 Å². The fourth-order valence-corrected chi connectivity index (χ4v) is 4.45. The van der Waals surface area contributed by atoms with Gasteiger partial charge in [0.1, 0.15) is 5.52 Å². The van der Waals surface area contributed by atoms with Gasteiger partial charge in [-0.15, -0.1) is 0 Å². The zero-order valence-electron chi connectivity index (χ0n) is 19.1. The van der Waals surface area contributed by atoms with E-state index in [1.807, 2.05) is 78.6 Å². The molecule has 7 nitrogen and oxygen atoms in total. The summed E-state index contributed by atoms with van der Waals surface area (Å²) in [4.78, 5) is 37.7. The molecule has 1 atom stereocenters. The van der Waals surface area contributed by atoms with Crippen LogP contribution < -0.4 is 15.8 Å². The number of piperidine rings is 1. The molecule has 0 unspecified atom stereocenters. The first-order chi connectivity index (χ1) is 16.6. The summed E-state index contributed by atoms with van der Waals surface area (Å²) in [5.41, 5.74) is 3.99. The van der Waals surface area contributed by atoms with Gasteiger partial charge in [0.25, 0.3) is 5.56 Å². The Morgan fingerprint density at radius 2 is 1.85 bits per heavy atom. The minimum absolute atomic E-state index is 0.0272. The maximum atomic E-state index is 13.6. The number of amides is 1. The van der Waals surface area contributed by atoms with Gasteiger partial charge in [-0.3, -0.25) is 14.2 Å². The number of nitrogens with zero attached hydrogens (tertiary/aromatic N) is 4. The van der Waals surface area contributed by atoms with Gasteiger partial charge in [-0.1, -0.05) is 48.0 Å². The fourth-order valence-electron chi connectivity index (χ4n) is 4.45. The van der Waals surface area contributed by atoms with Crippen LogP contribution in [0.25, 0.3) is 11.2 Å². The van der Waals surface area contributed by atoms with Gasteiger partial charge in [-0.25, -0.2) is 9.97 Å². The van der Waals surface area contributed by atoms with Gasteiger partial charge in [-0.2, -0.15) is 0 Å². The van der Waals surface area contributed by atoms with Gasteiger partial charge < -0.3 is 10.2 Å². The van der Waals surface area contributed by atoms with Gasteiger partial charge in [0.05, 0.1) is 12.5 Å². The Morgan fingerprint density at radius 3 is 2.65 bits per heavy atom. The standard InChI is InChI=1S/C27H27N5O2/c1-19-11-13-22(14-12-19)29-26(33)21-9-6-16-31(18-21)25-27(34)32(17-20-7-3-2-4-8-20)24-23(30-25)10-5-15-28-24/h2-5,7-8,10-15,21H,6,9,16-18H2,1H3,(H,29,33)/t21-/m0/s1. The number of hydrogen-bond donors (Lipinski definition) is 1. The summed E-state index contributed by atoms with van der Waals surface area (Å²) in [7, 11) is 0. The summed E-state index contributed by atoms with van der Waals surface area (Å²) in [5.74, 6) is 0.133. The van der Waals surface area contributed by atoms with Crippen LogP contribution in [0.1, 0.15) is 24.0 Å². The van der Waals surface area contributed by atoms with E-state index in [0.717, 1.165) is 29.7 Å². The predicted molar refractivity (Wildman–Crippen MR) is 134 cm³/mol. The second kappa shape index (κ2) is 9.47. The number of nitrogens with one attached hydrogen (secondary N) is 1. The van der Waals surface area contributed by atoms with Crippen LogP contribution in [0.3, 0.4) is 0 Å². The molecule has 0 radical (unpaired) electrons. The second-order valence-corrected chi connectivity index (χ2v) is 8.80. The second-order valence-electron chi connectivity index (χ2n) is 8.80. The summed E-state index contributed by atoms with van der Waals surface area (Å²) in [6.45, 7) is 3.57. The number of rotatable bonds is 5. The fraction of sp³-hybridized carbons (Fsp3) is 0.259. The maximum absolute atomic E-state index is 13.6. The monoisotopic (exact) mass is 453 g/mol. The molecule has 2 aromatic carbocycles. The van der Waals surface area contributed by atoms with E-state index < -0.39 is 0 Å². The van der Waals surface area contributed by atoms with Crippen molar-refractivity contribution < 1.29 is 4.79 Å². The summed E-state index contributed by atoms with van der Waals surface area (Å²) in [5, 5.41) is 3.02. The van der Waals surface area contributed by atoms with Crippen molar-refractivity contribution in [1.29, 1.82) is 0 Å². The first-order valence-electron chi connectivity index (χ1n) is 11.6. The molecular weight excluding hydrogens is 426 g/mol. The first-order valence-corrected chi connectivity index (χ1v) is 11.6. The molecule has 2 aromatic heterocycles. The third-order valence-electron chi connectivity index (χ3n) is 6.28. The number of benzene rings is 2. The molecule has 1 N–H and O–H groups in total. The van der Waals surface area contributed by atoms with Crippen LogP contribution in [0, 0.1) is 12.8 Å². The van der Waals surface area contributed by atoms with E-state index in [1.54, 1.807) is 10.8 Å². The molecule has 5 rings (SSSR count). The molecule has 3 heterocycles. The molecule has 0 bridgehead atoms. The van der Waals surface area contributed by atoms with Crippen molar-refractivity contribution in [3.8, 4) is 0 Å². The van der Waals surface area contributed by atoms with E-state index in [-0.39, 0.29) is 17.4 Å². The van der Waals surface area contributed by atoms with Crippen molar-refractivity contribution in [3.63, 3.8) is 0 Å². The molecule has 7 heteroatoms. The highest BCUT2D eigenvalue weighted by atomic mass is 16.2. The number of fused-ring (bicyclic) bond motifs is 1. The van der Waals surface area contributed by atoms with Crippen LogP contribution in [0.4, 0.5) is 11.5 Å². The van der Waals surface area contributed by atoms with E-state index in [2.05, 4.69) is 15.3 Å². The Morgan fingerprint density at radius 1 is 1.06 bits per heavy atom. The molecule has 172 valence electrons. The zero-order chi connectivity index (χ0) is 23.5. The number of hydrogen-bond acceptors (Lipinski definition) is 5. The van der Waals surface area contributed by atoms with Crippen molar-refractivity contribution in [1.82, 2.24) is 14.5 Å². The third kappa shape index (κ3) is 4.55. The van der Waals surface area contributed by atoms with E-state index in [4.69, 9.17) is 0 Å². The third-order valence-corrected chi connectivity index (χ3v) is 6.28. The zero-order valence-corrected chi connectivity index (χ0v) is 19.1. The van der Waals surface area contributed by atoms with Gasteiger partial charge in [0.15, 0.2) is 11.5 Å². The van der Waals surface area contributed by atoms with Crippen LogP contribution in [0.5, 0.6) is 0 Å². The van der Waals surface area contributed by atoms with Crippen LogP contribution in [0.15, 0.2) is 77.7 Å². The highest BCUT2D eigenvalue weighted by Gasteiger charge is 2.29. The Labute approximate surface area is 198 Å². The lowest BCUT2D eigenvalue weighted by molar-refractivity contribution is -0.120. The first kappa shape index (κ1) is 21.8. The number of aromatic nitrogens is 3. The SMILES string of the molecule is Cc1ccc(NC(=O)[C@H]2CCCN(c3nc4cccnc4n(Cc4ccccc4)c3=O)C2)cc1. The molecular formula is C27H27N5O2. The number of pyridine rings is 1. The largest absolute Gasteiger partial charge is 0.351 e. The van der Waals surface area contributed by atoms with Crippen molar-refractivity contribution in [3.05, 3.63) is 94.4 Å². The highest BCUT2D eigenvalue weighted by molar-refractivity contribution is 5.93. The average Bonchev–Trinajstić information content (AvgIpc) is 2.87. The van der Waals surface area contributed by atoms with E-state index >= 15 is 0 Å². The van der Waals surface area contributed by atoms with Gasteiger partial charge in [0.2, 0.25) is 5.91 Å². The normalized spacial score (nSPS) is 15.9. The van der Waals surface area contributed by atoms with Crippen LogP contribution in [-0.2, 0) is 11.3 Å². The van der Waals surface area contributed by atoms with Crippen LogP contribution in [0.2, 0.25) is 0 Å². The molecule has 1 aliphatic heterocycles. The molecule has 1 fully saturated rings. The quantitative estimate of drug-likeness (QED) is 0.494. The molecule has 0 saturated carbocycles. The Bertz CT molecular complexity index is 1370. The van der Waals surface area contributed by atoms with E-state index in [0.29, 0.717) is 36.6 Å². The lowest BCUT2D eigenvalue weighted by Crippen LogP contribution is -2.44.